The third-order valence-electron chi connectivity index (χ3n) is 4.74. The lowest BCUT2D eigenvalue weighted by Gasteiger charge is -2.32. The molecule has 1 heterocycles. The number of nitrogens with one attached hydrogen (secondary N) is 1. The number of hydrogen-bond donors (Lipinski definition) is 1. The molecule has 4 nitrogen and oxygen atoms in total. The van der Waals surface area contributed by atoms with E-state index in [1.54, 1.807) is 17.0 Å². The van der Waals surface area contributed by atoms with E-state index in [2.05, 4.69) is 5.32 Å². The highest BCUT2D eigenvalue weighted by molar-refractivity contribution is 5.95. The van der Waals surface area contributed by atoms with E-state index in [4.69, 9.17) is 0 Å². The van der Waals surface area contributed by atoms with E-state index in [0.717, 1.165) is 19.3 Å². The SMILES string of the molecule is O=C(NCCc1ccccc1)[C@@H]1CCCN(C(=O)c2ccccc2F)C1. The predicted molar refractivity (Wildman–Crippen MR) is 98.2 cm³/mol. The molecule has 1 aliphatic rings. The van der Waals surface area contributed by atoms with Gasteiger partial charge in [0.1, 0.15) is 5.82 Å². The number of carbonyl (C=O) groups excluding carboxylic acids is 2. The van der Waals surface area contributed by atoms with E-state index in [1.165, 1.54) is 17.7 Å². The van der Waals surface area contributed by atoms with E-state index in [1.807, 2.05) is 30.3 Å². The van der Waals surface area contributed by atoms with E-state index in [-0.39, 0.29) is 23.3 Å². The summed E-state index contributed by atoms with van der Waals surface area (Å²) < 4.78 is 13.9. The molecule has 1 aliphatic heterocycles. The van der Waals surface area contributed by atoms with Crippen LogP contribution in [0.25, 0.3) is 0 Å². The van der Waals surface area contributed by atoms with Gasteiger partial charge in [0.25, 0.3) is 5.91 Å². The maximum absolute atomic E-state index is 13.9. The van der Waals surface area contributed by atoms with Crippen LogP contribution in [0, 0.1) is 11.7 Å². The summed E-state index contributed by atoms with van der Waals surface area (Å²) in [5, 5.41) is 2.96. The Balaban J connectivity index is 1.53. The molecule has 26 heavy (non-hydrogen) atoms. The van der Waals surface area contributed by atoms with Gasteiger partial charge in [0.15, 0.2) is 0 Å². The largest absolute Gasteiger partial charge is 0.355 e. The van der Waals surface area contributed by atoms with Crippen molar-refractivity contribution in [3.8, 4) is 0 Å². The minimum atomic E-state index is -0.521. The summed E-state index contributed by atoms with van der Waals surface area (Å²) >= 11 is 0. The van der Waals surface area contributed by atoms with Gasteiger partial charge in [-0.05, 0) is 37.0 Å². The second-order valence-electron chi connectivity index (χ2n) is 6.60. The van der Waals surface area contributed by atoms with Gasteiger partial charge >= 0.3 is 0 Å². The molecular weight excluding hydrogens is 331 g/mol. The molecule has 5 heteroatoms. The zero-order valence-electron chi connectivity index (χ0n) is 14.7. The van der Waals surface area contributed by atoms with Crippen LogP contribution >= 0.6 is 0 Å². The average Bonchev–Trinajstić information content (AvgIpc) is 2.69. The summed E-state index contributed by atoms with van der Waals surface area (Å²) in [7, 11) is 0. The van der Waals surface area contributed by atoms with E-state index in [9.17, 15) is 14.0 Å². The highest BCUT2D eigenvalue weighted by Gasteiger charge is 2.29. The lowest BCUT2D eigenvalue weighted by molar-refractivity contribution is -0.126. The summed E-state index contributed by atoms with van der Waals surface area (Å²) in [6.07, 6.45) is 2.27. The van der Waals surface area contributed by atoms with Crippen LogP contribution in [-0.4, -0.2) is 36.3 Å². The summed E-state index contributed by atoms with van der Waals surface area (Å²) in [4.78, 5) is 26.6. The van der Waals surface area contributed by atoms with Crippen LogP contribution in [0.4, 0.5) is 4.39 Å². The highest BCUT2D eigenvalue weighted by atomic mass is 19.1. The number of piperidine rings is 1. The molecule has 136 valence electrons. The van der Waals surface area contributed by atoms with Crippen LogP contribution in [0.3, 0.4) is 0 Å². The topological polar surface area (TPSA) is 49.4 Å². The second-order valence-corrected chi connectivity index (χ2v) is 6.60. The number of hydrogen-bond acceptors (Lipinski definition) is 2. The molecule has 1 fully saturated rings. The minimum absolute atomic E-state index is 0.0352. The number of amides is 2. The first kappa shape index (κ1) is 18.1. The molecule has 0 bridgehead atoms. The Morgan fingerprint density at radius 3 is 2.58 bits per heavy atom. The molecule has 0 aromatic heterocycles. The Kier molecular flexibility index (Phi) is 6.00. The van der Waals surface area contributed by atoms with Crippen molar-refractivity contribution < 1.29 is 14.0 Å². The molecule has 0 aliphatic carbocycles. The van der Waals surface area contributed by atoms with E-state index >= 15 is 0 Å². The highest BCUT2D eigenvalue weighted by Crippen LogP contribution is 2.20. The molecule has 0 unspecified atom stereocenters. The van der Waals surface area contributed by atoms with E-state index in [0.29, 0.717) is 19.6 Å². The van der Waals surface area contributed by atoms with Gasteiger partial charge in [-0.25, -0.2) is 4.39 Å². The van der Waals surface area contributed by atoms with Crippen molar-refractivity contribution in [2.24, 2.45) is 5.92 Å². The Morgan fingerprint density at radius 1 is 1.08 bits per heavy atom. The molecule has 3 rings (SSSR count). The Labute approximate surface area is 153 Å². The van der Waals surface area contributed by atoms with Gasteiger partial charge in [0.2, 0.25) is 5.91 Å². The predicted octanol–water partition coefficient (Wildman–Crippen LogP) is 3.04. The average molecular weight is 354 g/mol. The number of halogens is 1. The number of likely N-dealkylation sites (tertiary alicyclic amines) is 1. The maximum atomic E-state index is 13.9. The summed E-state index contributed by atoms with van der Waals surface area (Å²) in [5.41, 5.74) is 1.24. The lowest BCUT2D eigenvalue weighted by atomic mass is 9.96. The standard InChI is InChI=1S/C21H23FN2O2/c22-19-11-5-4-10-18(19)21(26)24-14-6-9-17(15-24)20(25)23-13-12-16-7-2-1-3-8-16/h1-5,7-8,10-11,17H,6,9,12-15H2,(H,23,25)/t17-/m1/s1. The minimum Gasteiger partial charge on any atom is -0.355 e. The number of benzene rings is 2. The molecular formula is C21H23FN2O2. The van der Waals surface area contributed by atoms with Gasteiger partial charge < -0.3 is 10.2 Å². The fourth-order valence-electron chi connectivity index (χ4n) is 3.30. The first-order valence-corrected chi connectivity index (χ1v) is 9.00. The molecule has 0 saturated carbocycles. The zero-order chi connectivity index (χ0) is 18.4. The Hall–Kier alpha value is -2.69. The van der Waals surface area contributed by atoms with Gasteiger partial charge in [0, 0.05) is 19.6 Å². The molecule has 0 radical (unpaired) electrons. The van der Waals surface area contributed by atoms with Gasteiger partial charge in [-0.1, -0.05) is 42.5 Å². The van der Waals surface area contributed by atoms with E-state index < -0.39 is 5.82 Å². The first-order valence-electron chi connectivity index (χ1n) is 9.00. The number of nitrogens with zero attached hydrogens (tertiary/aromatic N) is 1. The van der Waals surface area contributed by atoms with Crippen molar-refractivity contribution in [1.29, 1.82) is 0 Å². The molecule has 1 atom stereocenters. The third-order valence-corrected chi connectivity index (χ3v) is 4.74. The first-order chi connectivity index (χ1) is 12.6. The molecule has 0 spiro atoms. The smallest absolute Gasteiger partial charge is 0.256 e. The normalized spacial score (nSPS) is 17.0. The number of rotatable bonds is 5. The third kappa shape index (κ3) is 4.48. The van der Waals surface area contributed by atoms with Crippen LogP contribution in [0.15, 0.2) is 54.6 Å². The van der Waals surface area contributed by atoms with Crippen molar-refractivity contribution in [2.75, 3.05) is 19.6 Å². The summed E-state index contributed by atoms with van der Waals surface area (Å²) in [5.74, 6) is -1.14. The van der Waals surface area contributed by atoms with Crippen molar-refractivity contribution in [3.05, 3.63) is 71.5 Å². The monoisotopic (exact) mass is 354 g/mol. The van der Waals surface area contributed by atoms with Gasteiger partial charge in [-0.3, -0.25) is 9.59 Å². The van der Waals surface area contributed by atoms with Crippen LogP contribution in [0.1, 0.15) is 28.8 Å². The Bertz CT molecular complexity index is 764. The lowest BCUT2D eigenvalue weighted by Crippen LogP contribution is -2.46. The fourth-order valence-corrected chi connectivity index (χ4v) is 3.30. The summed E-state index contributed by atoms with van der Waals surface area (Å²) in [6.45, 7) is 1.46. The molecule has 1 N–H and O–H groups in total. The van der Waals surface area contributed by atoms with Crippen molar-refractivity contribution >= 4 is 11.8 Å². The van der Waals surface area contributed by atoms with Crippen LogP contribution in [0.2, 0.25) is 0 Å². The van der Waals surface area contributed by atoms with Gasteiger partial charge in [-0.15, -0.1) is 0 Å². The molecule has 2 amide bonds. The zero-order valence-corrected chi connectivity index (χ0v) is 14.7. The summed E-state index contributed by atoms with van der Waals surface area (Å²) in [6, 6.07) is 16.0. The van der Waals surface area contributed by atoms with Crippen molar-refractivity contribution in [1.82, 2.24) is 10.2 Å². The van der Waals surface area contributed by atoms with Gasteiger partial charge in [0.05, 0.1) is 11.5 Å². The molecule has 2 aromatic carbocycles. The van der Waals surface area contributed by atoms with Crippen LogP contribution in [0.5, 0.6) is 0 Å². The fraction of sp³-hybridized carbons (Fsp3) is 0.333. The second kappa shape index (κ2) is 8.61. The van der Waals surface area contributed by atoms with Crippen LogP contribution in [-0.2, 0) is 11.2 Å². The van der Waals surface area contributed by atoms with Gasteiger partial charge in [-0.2, -0.15) is 0 Å². The molecule has 1 saturated heterocycles. The maximum Gasteiger partial charge on any atom is 0.256 e. The Morgan fingerprint density at radius 2 is 1.81 bits per heavy atom. The number of carbonyl (C=O) groups is 2. The van der Waals surface area contributed by atoms with Crippen molar-refractivity contribution in [2.45, 2.75) is 19.3 Å². The van der Waals surface area contributed by atoms with Crippen LogP contribution < -0.4 is 5.32 Å². The van der Waals surface area contributed by atoms with Crippen molar-refractivity contribution in [3.63, 3.8) is 0 Å². The molecule has 2 aromatic rings. The quantitative estimate of drug-likeness (QED) is 0.897.